The van der Waals surface area contributed by atoms with E-state index >= 15 is 0 Å². The summed E-state index contributed by atoms with van der Waals surface area (Å²) >= 11 is 0. The predicted octanol–water partition coefficient (Wildman–Crippen LogP) is 1.44. The van der Waals surface area contributed by atoms with Crippen LogP contribution in [0.2, 0.25) is 0 Å². The van der Waals surface area contributed by atoms with Gasteiger partial charge >= 0.3 is 5.97 Å². The second kappa shape index (κ2) is 3.54. The van der Waals surface area contributed by atoms with Crippen LogP contribution in [0.15, 0.2) is 0 Å². The lowest BCUT2D eigenvalue weighted by molar-refractivity contribution is -0.143. The van der Waals surface area contributed by atoms with E-state index in [1.165, 1.54) is 6.42 Å². The van der Waals surface area contributed by atoms with Crippen molar-refractivity contribution >= 4 is 5.97 Å². The van der Waals surface area contributed by atoms with E-state index in [0.29, 0.717) is 5.92 Å². The van der Waals surface area contributed by atoms with Gasteiger partial charge in [-0.2, -0.15) is 0 Å². The van der Waals surface area contributed by atoms with Gasteiger partial charge in [0, 0.05) is 6.54 Å². The monoisotopic (exact) mass is 197 g/mol. The van der Waals surface area contributed by atoms with E-state index in [2.05, 4.69) is 6.92 Å². The van der Waals surface area contributed by atoms with E-state index in [9.17, 15) is 4.79 Å². The van der Waals surface area contributed by atoms with E-state index in [-0.39, 0.29) is 6.04 Å². The van der Waals surface area contributed by atoms with Crippen molar-refractivity contribution in [3.8, 4) is 0 Å². The smallest absolute Gasteiger partial charge is 0.321 e. The van der Waals surface area contributed by atoms with Gasteiger partial charge in [0.2, 0.25) is 0 Å². The van der Waals surface area contributed by atoms with Gasteiger partial charge in [-0.1, -0.05) is 6.92 Å². The zero-order chi connectivity index (χ0) is 10.3. The van der Waals surface area contributed by atoms with Crippen LogP contribution in [0, 0.1) is 17.8 Å². The van der Waals surface area contributed by atoms with E-state index in [0.717, 1.165) is 31.2 Å². The standard InChI is InChI=1S/C11H19NO2/c1-7-5-9(7)6-12(2)10(11(13)14)8-3-4-8/h7-10H,3-6H2,1-2H3,(H,13,14). The molecule has 3 atom stereocenters. The fourth-order valence-corrected chi connectivity index (χ4v) is 2.30. The summed E-state index contributed by atoms with van der Waals surface area (Å²) < 4.78 is 0. The van der Waals surface area contributed by atoms with Gasteiger partial charge in [-0.15, -0.1) is 0 Å². The molecule has 2 aliphatic rings. The molecule has 0 aliphatic heterocycles. The van der Waals surface area contributed by atoms with E-state index < -0.39 is 5.97 Å². The summed E-state index contributed by atoms with van der Waals surface area (Å²) in [5.74, 6) is 1.35. The third kappa shape index (κ3) is 2.08. The molecule has 2 fully saturated rings. The minimum absolute atomic E-state index is 0.220. The van der Waals surface area contributed by atoms with Gasteiger partial charge < -0.3 is 5.11 Å². The Hall–Kier alpha value is -0.570. The van der Waals surface area contributed by atoms with Crippen LogP contribution in [0.5, 0.6) is 0 Å². The van der Waals surface area contributed by atoms with Crippen molar-refractivity contribution in [2.45, 2.75) is 32.2 Å². The molecule has 0 saturated heterocycles. The SMILES string of the molecule is CC1CC1CN(C)C(C(=O)O)C1CC1. The molecule has 0 bridgehead atoms. The maximum Gasteiger partial charge on any atom is 0.321 e. The molecule has 0 spiro atoms. The maximum absolute atomic E-state index is 11.1. The lowest BCUT2D eigenvalue weighted by Gasteiger charge is -2.24. The van der Waals surface area contributed by atoms with Crippen molar-refractivity contribution in [3.05, 3.63) is 0 Å². The van der Waals surface area contributed by atoms with E-state index in [1.807, 2.05) is 11.9 Å². The Morgan fingerprint density at radius 3 is 2.50 bits per heavy atom. The minimum Gasteiger partial charge on any atom is -0.480 e. The molecular formula is C11H19NO2. The highest BCUT2D eigenvalue weighted by Crippen LogP contribution is 2.40. The predicted molar refractivity (Wildman–Crippen MR) is 54.0 cm³/mol. The summed E-state index contributed by atoms with van der Waals surface area (Å²) in [6.45, 7) is 3.21. The minimum atomic E-state index is -0.636. The summed E-state index contributed by atoms with van der Waals surface area (Å²) in [4.78, 5) is 13.1. The van der Waals surface area contributed by atoms with Crippen LogP contribution in [0.25, 0.3) is 0 Å². The molecule has 2 rings (SSSR count). The number of hydrogen-bond acceptors (Lipinski definition) is 2. The molecule has 1 N–H and O–H groups in total. The number of hydrogen-bond donors (Lipinski definition) is 1. The lowest BCUT2D eigenvalue weighted by Crippen LogP contribution is -2.41. The molecule has 0 aromatic carbocycles. The highest BCUT2D eigenvalue weighted by atomic mass is 16.4. The first-order valence-corrected chi connectivity index (χ1v) is 5.52. The van der Waals surface area contributed by atoms with Crippen LogP contribution in [-0.4, -0.2) is 35.6 Å². The molecule has 2 aliphatic carbocycles. The van der Waals surface area contributed by atoms with Gasteiger partial charge in [0.25, 0.3) is 0 Å². The zero-order valence-electron chi connectivity index (χ0n) is 8.94. The molecule has 3 unspecified atom stereocenters. The molecule has 0 radical (unpaired) electrons. The van der Waals surface area contributed by atoms with Crippen molar-refractivity contribution in [2.24, 2.45) is 17.8 Å². The Kier molecular flexibility index (Phi) is 2.52. The fraction of sp³-hybridized carbons (Fsp3) is 0.909. The molecule has 14 heavy (non-hydrogen) atoms. The summed E-state index contributed by atoms with van der Waals surface area (Å²) in [6, 6.07) is -0.220. The first-order chi connectivity index (χ1) is 6.59. The second-order valence-electron chi connectivity index (χ2n) is 5.03. The molecule has 0 amide bonds. The molecular weight excluding hydrogens is 178 g/mol. The molecule has 0 aromatic rings. The second-order valence-corrected chi connectivity index (χ2v) is 5.03. The quantitative estimate of drug-likeness (QED) is 0.725. The number of likely N-dealkylation sites (N-methyl/N-ethyl adjacent to an activating group) is 1. The number of carbonyl (C=O) groups is 1. The highest BCUT2D eigenvalue weighted by Gasteiger charge is 2.42. The van der Waals surface area contributed by atoms with E-state index in [1.54, 1.807) is 0 Å². The number of carboxylic acid groups (broad SMARTS) is 1. The molecule has 0 aromatic heterocycles. The first-order valence-electron chi connectivity index (χ1n) is 5.52. The molecule has 3 nitrogen and oxygen atoms in total. The van der Waals surface area contributed by atoms with Crippen LogP contribution in [0.1, 0.15) is 26.2 Å². The van der Waals surface area contributed by atoms with Gasteiger partial charge in [0.15, 0.2) is 0 Å². The Morgan fingerprint density at radius 1 is 1.57 bits per heavy atom. The average Bonchev–Trinajstić information content (AvgIpc) is 2.92. The highest BCUT2D eigenvalue weighted by molar-refractivity contribution is 5.74. The Balaban J connectivity index is 1.86. The molecule has 3 heteroatoms. The summed E-state index contributed by atoms with van der Waals surface area (Å²) in [6.07, 6.45) is 3.48. The molecule has 80 valence electrons. The van der Waals surface area contributed by atoms with Crippen LogP contribution in [0.4, 0.5) is 0 Å². The Labute approximate surface area is 85.1 Å². The fourth-order valence-electron chi connectivity index (χ4n) is 2.30. The normalized spacial score (nSPS) is 33.1. The number of aliphatic carboxylic acids is 1. The number of carboxylic acids is 1. The van der Waals surface area contributed by atoms with Crippen LogP contribution in [-0.2, 0) is 4.79 Å². The summed E-state index contributed by atoms with van der Waals surface area (Å²) in [7, 11) is 1.96. The van der Waals surface area contributed by atoms with Gasteiger partial charge in [-0.25, -0.2) is 0 Å². The summed E-state index contributed by atoms with van der Waals surface area (Å²) in [5.41, 5.74) is 0. The Bertz CT molecular complexity index is 237. The van der Waals surface area contributed by atoms with E-state index in [4.69, 9.17) is 5.11 Å². The van der Waals surface area contributed by atoms with Crippen LogP contribution >= 0.6 is 0 Å². The summed E-state index contributed by atoms with van der Waals surface area (Å²) in [5, 5.41) is 9.11. The van der Waals surface area contributed by atoms with Gasteiger partial charge in [-0.3, -0.25) is 9.69 Å². The van der Waals surface area contributed by atoms with Crippen LogP contribution < -0.4 is 0 Å². The van der Waals surface area contributed by atoms with Gasteiger partial charge in [0.1, 0.15) is 6.04 Å². The lowest BCUT2D eigenvalue weighted by atomic mass is 10.1. The topological polar surface area (TPSA) is 40.5 Å². The Morgan fingerprint density at radius 2 is 2.14 bits per heavy atom. The van der Waals surface area contributed by atoms with Crippen molar-refractivity contribution in [2.75, 3.05) is 13.6 Å². The average molecular weight is 197 g/mol. The van der Waals surface area contributed by atoms with Crippen molar-refractivity contribution in [1.82, 2.24) is 4.90 Å². The number of rotatable bonds is 5. The zero-order valence-corrected chi connectivity index (χ0v) is 8.94. The van der Waals surface area contributed by atoms with Crippen molar-refractivity contribution in [1.29, 1.82) is 0 Å². The molecule has 2 saturated carbocycles. The van der Waals surface area contributed by atoms with Gasteiger partial charge in [0.05, 0.1) is 0 Å². The van der Waals surface area contributed by atoms with Crippen molar-refractivity contribution in [3.63, 3.8) is 0 Å². The third-order valence-electron chi connectivity index (χ3n) is 3.60. The van der Waals surface area contributed by atoms with Crippen molar-refractivity contribution < 1.29 is 9.90 Å². The molecule has 0 heterocycles. The van der Waals surface area contributed by atoms with Crippen LogP contribution in [0.3, 0.4) is 0 Å². The largest absolute Gasteiger partial charge is 0.480 e. The first kappa shape index (κ1) is 9.97. The third-order valence-corrected chi connectivity index (χ3v) is 3.60. The maximum atomic E-state index is 11.1. The van der Waals surface area contributed by atoms with Gasteiger partial charge in [-0.05, 0) is 44.1 Å². The number of nitrogens with zero attached hydrogens (tertiary/aromatic N) is 1.